The molecule has 0 radical (unpaired) electrons. The summed E-state index contributed by atoms with van der Waals surface area (Å²) < 4.78 is 18.9. The molecule has 5 nitrogen and oxygen atoms in total. The molecule has 2 saturated heterocycles. The van der Waals surface area contributed by atoms with Gasteiger partial charge in [-0.15, -0.1) is 0 Å². The number of benzene rings is 1. The van der Waals surface area contributed by atoms with Crippen molar-refractivity contribution in [1.29, 1.82) is 0 Å². The molecular weight excluding hydrogens is 307 g/mol. The third-order valence-electron chi connectivity index (χ3n) is 4.82. The molecule has 0 aliphatic carbocycles. The molecule has 0 amide bonds. The molecule has 2 unspecified atom stereocenters. The van der Waals surface area contributed by atoms with Gasteiger partial charge in [0.2, 0.25) is 5.95 Å². The van der Waals surface area contributed by atoms with Crippen LogP contribution in [0.4, 0.5) is 10.3 Å². The van der Waals surface area contributed by atoms with Gasteiger partial charge in [0, 0.05) is 38.1 Å². The van der Waals surface area contributed by atoms with Crippen LogP contribution in [-0.2, 0) is 0 Å². The first-order chi connectivity index (χ1) is 11.8. The number of hydrogen-bond acceptors (Lipinski definition) is 5. The molecule has 0 bridgehead atoms. The van der Waals surface area contributed by atoms with E-state index in [-0.39, 0.29) is 0 Å². The Hall–Kier alpha value is -2.21. The summed E-state index contributed by atoms with van der Waals surface area (Å²) in [4.78, 5) is 12.9. The fourth-order valence-corrected chi connectivity index (χ4v) is 3.65. The standard InChI is InChI=1S/C18H21FN4O/c19-15-9-20-18(21-10-15)23-7-6-22-11-14(8-16(22)12-23)13-24-17-4-2-1-3-5-17/h1-5,9-10,14,16H,6-8,11-13H2. The molecule has 2 atom stereocenters. The van der Waals surface area contributed by atoms with Crippen LogP contribution >= 0.6 is 0 Å². The maximum Gasteiger partial charge on any atom is 0.225 e. The van der Waals surface area contributed by atoms with Crippen LogP contribution < -0.4 is 9.64 Å². The van der Waals surface area contributed by atoms with Gasteiger partial charge in [0.25, 0.3) is 0 Å². The van der Waals surface area contributed by atoms with Crippen molar-refractivity contribution >= 4 is 5.95 Å². The summed E-state index contributed by atoms with van der Waals surface area (Å²) in [7, 11) is 0. The Bertz CT molecular complexity index is 666. The van der Waals surface area contributed by atoms with Crippen LogP contribution in [0, 0.1) is 11.7 Å². The summed E-state index contributed by atoms with van der Waals surface area (Å²) in [5.41, 5.74) is 0. The summed E-state index contributed by atoms with van der Waals surface area (Å²) in [5, 5.41) is 0. The predicted octanol–water partition coefficient (Wildman–Crippen LogP) is 2.21. The van der Waals surface area contributed by atoms with E-state index in [2.05, 4.69) is 19.8 Å². The molecule has 2 aliphatic heterocycles. The molecule has 0 spiro atoms. The first kappa shape index (κ1) is 15.3. The zero-order valence-electron chi connectivity index (χ0n) is 13.5. The minimum absolute atomic E-state index is 0.392. The van der Waals surface area contributed by atoms with Crippen molar-refractivity contribution in [3.05, 3.63) is 48.5 Å². The fourth-order valence-electron chi connectivity index (χ4n) is 3.65. The highest BCUT2D eigenvalue weighted by molar-refractivity contribution is 5.30. The van der Waals surface area contributed by atoms with E-state index in [0.29, 0.717) is 17.9 Å². The Morgan fingerprint density at radius 3 is 2.67 bits per heavy atom. The lowest BCUT2D eigenvalue weighted by molar-refractivity contribution is 0.216. The number of ether oxygens (including phenoxy) is 1. The van der Waals surface area contributed by atoms with Crippen LogP contribution in [0.2, 0.25) is 0 Å². The largest absolute Gasteiger partial charge is 0.493 e. The number of anilines is 1. The molecule has 2 fully saturated rings. The number of aromatic nitrogens is 2. The van der Waals surface area contributed by atoms with Crippen LogP contribution in [0.25, 0.3) is 0 Å². The van der Waals surface area contributed by atoms with E-state index in [1.807, 2.05) is 30.3 Å². The Morgan fingerprint density at radius 2 is 1.88 bits per heavy atom. The van der Waals surface area contributed by atoms with Crippen LogP contribution in [-0.4, -0.2) is 53.7 Å². The molecule has 1 aromatic carbocycles. The lowest BCUT2D eigenvalue weighted by atomic mass is 10.1. The number of piperazine rings is 1. The van der Waals surface area contributed by atoms with Gasteiger partial charge in [-0.2, -0.15) is 0 Å². The quantitative estimate of drug-likeness (QED) is 0.861. The molecule has 6 heteroatoms. The van der Waals surface area contributed by atoms with E-state index < -0.39 is 5.82 Å². The molecule has 2 aromatic rings. The molecule has 24 heavy (non-hydrogen) atoms. The summed E-state index contributed by atoms with van der Waals surface area (Å²) in [6, 6.07) is 10.5. The molecular formula is C18H21FN4O. The Labute approximate surface area is 141 Å². The van der Waals surface area contributed by atoms with Gasteiger partial charge < -0.3 is 9.64 Å². The molecule has 1 aromatic heterocycles. The third kappa shape index (κ3) is 3.33. The lowest BCUT2D eigenvalue weighted by Gasteiger charge is -2.37. The van der Waals surface area contributed by atoms with Crippen molar-refractivity contribution in [2.75, 3.05) is 37.7 Å². The van der Waals surface area contributed by atoms with Crippen molar-refractivity contribution in [1.82, 2.24) is 14.9 Å². The van der Waals surface area contributed by atoms with E-state index in [9.17, 15) is 4.39 Å². The molecule has 2 aliphatic rings. The summed E-state index contributed by atoms with van der Waals surface area (Å²) in [6.07, 6.45) is 3.59. The third-order valence-corrected chi connectivity index (χ3v) is 4.82. The van der Waals surface area contributed by atoms with Gasteiger partial charge in [-0.1, -0.05) is 18.2 Å². The van der Waals surface area contributed by atoms with Gasteiger partial charge in [0.05, 0.1) is 19.0 Å². The molecule has 126 valence electrons. The van der Waals surface area contributed by atoms with Crippen LogP contribution in [0.3, 0.4) is 0 Å². The number of para-hydroxylation sites is 1. The average molecular weight is 328 g/mol. The number of nitrogens with zero attached hydrogens (tertiary/aromatic N) is 4. The number of halogens is 1. The summed E-state index contributed by atoms with van der Waals surface area (Å²) in [5.74, 6) is 1.71. The second kappa shape index (κ2) is 6.73. The molecule has 0 N–H and O–H groups in total. The lowest BCUT2D eigenvalue weighted by Crippen LogP contribution is -2.50. The normalized spacial score (nSPS) is 24.0. The van der Waals surface area contributed by atoms with Gasteiger partial charge in [-0.3, -0.25) is 4.90 Å². The van der Waals surface area contributed by atoms with Crippen molar-refractivity contribution in [2.45, 2.75) is 12.5 Å². The van der Waals surface area contributed by atoms with Gasteiger partial charge in [0.1, 0.15) is 5.75 Å². The minimum atomic E-state index is -0.392. The fraction of sp³-hybridized carbons (Fsp3) is 0.444. The summed E-state index contributed by atoms with van der Waals surface area (Å²) in [6.45, 7) is 4.61. The van der Waals surface area contributed by atoms with Gasteiger partial charge in [-0.05, 0) is 18.6 Å². The van der Waals surface area contributed by atoms with E-state index >= 15 is 0 Å². The molecule has 0 saturated carbocycles. The van der Waals surface area contributed by atoms with Crippen molar-refractivity contribution in [3.63, 3.8) is 0 Å². The topological polar surface area (TPSA) is 41.5 Å². The van der Waals surface area contributed by atoms with Crippen molar-refractivity contribution in [2.24, 2.45) is 5.92 Å². The maximum atomic E-state index is 13.0. The second-order valence-corrected chi connectivity index (χ2v) is 6.52. The number of fused-ring (bicyclic) bond motifs is 1. The van der Waals surface area contributed by atoms with Gasteiger partial charge in [-0.25, -0.2) is 14.4 Å². The first-order valence-electron chi connectivity index (χ1n) is 8.42. The molecule has 4 rings (SSSR count). The van der Waals surface area contributed by atoms with Crippen molar-refractivity contribution < 1.29 is 9.13 Å². The van der Waals surface area contributed by atoms with Crippen molar-refractivity contribution in [3.8, 4) is 5.75 Å². The zero-order chi connectivity index (χ0) is 16.4. The highest BCUT2D eigenvalue weighted by Crippen LogP contribution is 2.28. The Kier molecular flexibility index (Phi) is 4.30. The van der Waals surface area contributed by atoms with Crippen LogP contribution in [0.15, 0.2) is 42.7 Å². The maximum absolute atomic E-state index is 13.0. The number of rotatable bonds is 4. The molecule has 3 heterocycles. The summed E-state index contributed by atoms with van der Waals surface area (Å²) >= 11 is 0. The van der Waals surface area contributed by atoms with Gasteiger partial charge >= 0.3 is 0 Å². The number of hydrogen-bond donors (Lipinski definition) is 0. The zero-order valence-corrected chi connectivity index (χ0v) is 13.5. The second-order valence-electron chi connectivity index (χ2n) is 6.52. The van der Waals surface area contributed by atoms with E-state index in [0.717, 1.165) is 45.0 Å². The van der Waals surface area contributed by atoms with Crippen LogP contribution in [0.5, 0.6) is 5.75 Å². The monoisotopic (exact) mass is 328 g/mol. The SMILES string of the molecule is Fc1cnc(N2CCN3CC(COc4ccccc4)CC3C2)nc1. The minimum Gasteiger partial charge on any atom is -0.493 e. The highest BCUT2D eigenvalue weighted by atomic mass is 19.1. The first-order valence-corrected chi connectivity index (χ1v) is 8.42. The van der Waals surface area contributed by atoms with E-state index in [1.165, 1.54) is 12.4 Å². The smallest absolute Gasteiger partial charge is 0.225 e. The average Bonchev–Trinajstić information content (AvgIpc) is 3.03. The van der Waals surface area contributed by atoms with Crippen LogP contribution in [0.1, 0.15) is 6.42 Å². The Morgan fingerprint density at radius 1 is 1.08 bits per heavy atom. The van der Waals surface area contributed by atoms with Gasteiger partial charge in [0.15, 0.2) is 5.82 Å². The Balaban J connectivity index is 1.33. The van der Waals surface area contributed by atoms with E-state index in [4.69, 9.17) is 4.74 Å². The predicted molar refractivity (Wildman–Crippen MR) is 89.6 cm³/mol. The highest BCUT2D eigenvalue weighted by Gasteiger charge is 2.36. The van der Waals surface area contributed by atoms with E-state index in [1.54, 1.807) is 0 Å².